The Labute approximate surface area is 202 Å². The molecule has 0 amide bonds. The molecule has 3 aromatic carbocycles. The van der Waals surface area contributed by atoms with E-state index in [2.05, 4.69) is 0 Å². The minimum Gasteiger partial charge on any atom is -0.379 e. The lowest BCUT2D eigenvalue weighted by Crippen LogP contribution is -2.22. The summed E-state index contributed by atoms with van der Waals surface area (Å²) in [6, 6.07) is 10.5. The Bertz CT molecular complexity index is 1410. The maximum atomic E-state index is 13.5. The van der Waals surface area contributed by atoms with Crippen LogP contribution in [0.2, 0.25) is 0 Å². The van der Waals surface area contributed by atoms with Crippen LogP contribution in [0.4, 0.5) is 26.3 Å². The summed E-state index contributed by atoms with van der Waals surface area (Å²) in [5, 5.41) is 15.0. The number of alkyl halides is 6. The summed E-state index contributed by atoms with van der Waals surface area (Å²) in [5.41, 5.74) is -2.94. The Morgan fingerprint density at radius 2 is 1.58 bits per heavy atom. The van der Waals surface area contributed by atoms with E-state index in [4.69, 9.17) is 5.14 Å². The van der Waals surface area contributed by atoms with E-state index in [-0.39, 0.29) is 22.4 Å². The predicted molar refractivity (Wildman–Crippen MR) is 118 cm³/mol. The molecule has 36 heavy (non-hydrogen) atoms. The van der Waals surface area contributed by atoms with Crippen molar-refractivity contribution in [2.45, 2.75) is 36.7 Å². The van der Waals surface area contributed by atoms with Crippen LogP contribution in [0.1, 0.15) is 38.7 Å². The van der Waals surface area contributed by atoms with Gasteiger partial charge >= 0.3 is 12.4 Å². The molecule has 0 fully saturated rings. The molecular formula is C24H19F6NO4S. The monoisotopic (exact) mass is 531 g/mol. The van der Waals surface area contributed by atoms with Crippen molar-refractivity contribution in [1.82, 2.24) is 0 Å². The van der Waals surface area contributed by atoms with E-state index in [1.54, 1.807) is 0 Å². The van der Waals surface area contributed by atoms with Gasteiger partial charge in [0.05, 0.1) is 10.5 Å². The Morgan fingerprint density at radius 3 is 2.14 bits per heavy atom. The van der Waals surface area contributed by atoms with Gasteiger partial charge in [-0.3, -0.25) is 4.79 Å². The van der Waals surface area contributed by atoms with Crippen LogP contribution in [0.15, 0.2) is 65.6 Å². The number of aliphatic hydroxyl groups is 1. The molecule has 1 atom stereocenters. The van der Waals surface area contributed by atoms with Gasteiger partial charge in [0.25, 0.3) is 0 Å². The second-order valence-electron chi connectivity index (χ2n) is 8.03. The van der Waals surface area contributed by atoms with E-state index < -0.39 is 56.5 Å². The smallest absolute Gasteiger partial charge is 0.379 e. The molecule has 0 heterocycles. The van der Waals surface area contributed by atoms with E-state index in [1.807, 2.05) is 0 Å². The van der Waals surface area contributed by atoms with Crippen LogP contribution in [0.25, 0.3) is 11.1 Å². The zero-order valence-electron chi connectivity index (χ0n) is 18.5. The number of carbonyl (C=O) groups excluding carboxylic acids is 1. The average Bonchev–Trinajstić information content (AvgIpc) is 2.76. The number of aliphatic hydroxyl groups excluding tert-OH is 1. The van der Waals surface area contributed by atoms with Crippen molar-refractivity contribution in [2.75, 3.05) is 0 Å². The molecule has 0 aliphatic heterocycles. The van der Waals surface area contributed by atoms with Crippen molar-refractivity contribution in [2.24, 2.45) is 5.14 Å². The molecule has 0 aliphatic carbocycles. The fraction of sp³-hybridized carbons (Fsp3) is 0.208. The van der Waals surface area contributed by atoms with Crippen molar-refractivity contribution in [1.29, 1.82) is 0 Å². The molecule has 0 saturated carbocycles. The normalized spacial score (nSPS) is 13.5. The molecule has 0 spiro atoms. The summed E-state index contributed by atoms with van der Waals surface area (Å²) in [6.07, 6.45) is -13.6. The molecule has 3 N–H and O–H groups in total. The molecular weight excluding hydrogens is 512 g/mol. The topological polar surface area (TPSA) is 97.5 Å². The first-order chi connectivity index (χ1) is 16.5. The van der Waals surface area contributed by atoms with Gasteiger partial charge in [-0.1, -0.05) is 42.5 Å². The van der Waals surface area contributed by atoms with Crippen molar-refractivity contribution in [3.63, 3.8) is 0 Å². The number of rotatable bonds is 6. The predicted octanol–water partition coefficient (Wildman–Crippen LogP) is 5.35. The highest BCUT2D eigenvalue weighted by molar-refractivity contribution is 7.89. The largest absolute Gasteiger partial charge is 0.418 e. The Hall–Kier alpha value is -3.22. The van der Waals surface area contributed by atoms with E-state index in [1.165, 1.54) is 31.2 Å². The van der Waals surface area contributed by atoms with Crippen LogP contribution in [0.3, 0.4) is 0 Å². The van der Waals surface area contributed by atoms with Gasteiger partial charge in [0.1, 0.15) is 0 Å². The number of Topliss-reactive ketones (excluding diaryl/α,β-unsaturated/α-hetero) is 1. The first kappa shape index (κ1) is 27.4. The zero-order valence-corrected chi connectivity index (χ0v) is 19.3. The standard InChI is InChI=1S/C24H19F6NO4S/c1-13-10-14(6-9-21(13)36(31,34)35)11-20(32)15-7-8-16(18(12-15)22(33)24(28,29)30)17-4-2-3-5-19(17)23(25,26)27/h2-10,12,22,33H,11H2,1H3,(H2,31,34,35). The van der Waals surface area contributed by atoms with E-state index in [0.717, 1.165) is 24.3 Å². The molecule has 0 saturated heterocycles. The minimum absolute atomic E-state index is 0.165. The van der Waals surface area contributed by atoms with Gasteiger partial charge in [-0.2, -0.15) is 26.3 Å². The molecule has 12 heteroatoms. The number of sulfonamides is 1. The molecule has 5 nitrogen and oxygen atoms in total. The minimum atomic E-state index is -5.22. The van der Waals surface area contributed by atoms with Crippen LogP contribution >= 0.6 is 0 Å². The zero-order chi connectivity index (χ0) is 27.1. The maximum Gasteiger partial charge on any atom is 0.418 e. The summed E-state index contributed by atoms with van der Waals surface area (Å²) >= 11 is 0. The lowest BCUT2D eigenvalue weighted by molar-refractivity contribution is -0.206. The molecule has 0 bridgehead atoms. The van der Waals surface area contributed by atoms with Gasteiger partial charge in [0, 0.05) is 12.0 Å². The average molecular weight is 531 g/mol. The third kappa shape index (κ3) is 5.94. The second-order valence-corrected chi connectivity index (χ2v) is 9.56. The van der Waals surface area contributed by atoms with E-state index in [9.17, 15) is 44.7 Å². The van der Waals surface area contributed by atoms with Crippen LogP contribution in [0.5, 0.6) is 0 Å². The Kier molecular flexibility index (Phi) is 7.36. The van der Waals surface area contributed by atoms with Crippen molar-refractivity contribution in [3.05, 3.63) is 88.5 Å². The van der Waals surface area contributed by atoms with Gasteiger partial charge < -0.3 is 5.11 Å². The SMILES string of the molecule is Cc1cc(CC(=O)c2ccc(-c3ccccc3C(F)(F)F)c(C(O)C(F)(F)F)c2)ccc1S(N)(=O)=O. The number of hydrogen-bond donors (Lipinski definition) is 2. The van der Waals surface area contributed by atoms with Crippen molar-refractivity contribution < 1.29 is 44.7 Å². The first-order valence-corrected chi connectivity index (χ1v) is 11.8. The Morgan fingerprint density at radius 1 is 0.944 bits per heavy atom. The fourth-order valence-corrected chi connectivity index (χ4v) is 4.54. The van der Waals surface area contributed by atoms with Gasteiger partial charge in [-0.25, -0.2) is 13.6 Å². The van der Waals surface area contributed by atoms with Crippen LogP contribution in [0, 0.1) is 6.92 Å². The first-order valence-electron chi connectivity index (χ1n) is 10.2. The lowest BCUT2D eigenvalue weighted by Gasteiger charge is -2.21. The molecule has 3 rings (SSSR count). The summed E-state index contributed by atoms with van der Waals surface area (Å²) in [4.78, 5) is 12.7. The maximum absolute atomic E-state index is 13.5. The molecule has 192 valence electrons. The van der Waals surface area contributed by atoms with Gasteiger partial charge in [0.15, 0.2) is 11.9 Å². The Balaban J connectivity index is 2.08. The van der Waals surface area contributed by atoms with Gasteiger partial charge in [-0.15, -0.1) is 0 Å². The molecule has 3 aromatic rings. The number of hydrogen-bond acceptors (Lipinski definition) is 4. The van der Waals surface area contributed by atoms with Crippen LogP contribution in [-0.4, -0.2) is 25.5 Å². The number of benzene rings is 3. The fourth-order valence-electron chi connectivity index (χ4n) is 3.78. The number of halogens is 6. The van der Waals surface area contributed by atoms with Crippen molar-refractivity contribution >= 4 is 15.8 Å². The van der Waals surface area contributed by atoms with Gasteiger partial charge in [-0.05, 0) is 52.9 Å². The molecule has 0 aliphatic rings. The van der Waals surface area contributed by atoms with Crippen LogP contribution < -0.4 is 5.14 Å². The molecule has 1 unspecified atom stereocenters. The van der Waals surface area contributed by atoms with Gasteiger partial charge in [0.2, 0.25) is 10.0 Å². The van der Waals surface area contributed by atoms with E-state index >= 15 is 0 Å². The third-order valence-corrected chi connectivity index (χ3v) is 6.48. The molecule has 0 radical (unpaired) electrons. The number of ketones is 1. The quantitative estimate of drug-likeness (QED) is 0.331. The highest BCUT2D eigenvalue weighted by atomic mass is 32.2. The summed E-state index contributed by atoms with van der Waals surface area (Å²) < 4.78 is 104. The lowest BCUT2D eigenvalue weighted by atomic mass is 9.89. The summed E-state index contributed by atoms with van der Waals surface area (Å²) in [7, 11) is -4.00. The third-order valence-electron chi connectivity index (χ3n) is 5.41. The summed E-state index contributed by atoms with van der Waals surface area (Å²) in [5.74, 6) is -0.705. The van der Waals surface area contributed by atoms with Crippen LogP contribution in [-0.2, 0) is 22.6 Å². The highest BCUT2D eigenvalue weighted by Crippen LogP contribution is 2.42. The number of nitrogens with two attached hydrogens (primary N) is 1. The second kappa shape index (κ2) is 9.68. The summed E-state index contributed by atoms with van der Waals surface area (Å²) in [6.45, 7) is 1.44. The number of aryl methyl sites for hydroxylation is 1. The van der Waals surface area contributed by atoms with E-state index in [0.29, 0.717) is 17.7 Å². The molecule has 0 aromatic heterocycles. The number of primary sulfonamides is 1. The van der Waals surface area contributed by atoms with Crippen molar-refractivity contribution in [3.8, 4) is 11.1 Å². The highest BCUT2D eigenvalue weighted by Gasteiger charge is 2.42. The number of carbonyl (C=O) groups is 1.